The standard InChI is InChI=1S/C10H14ClNO3S/c1-7-8(6-13)4-9(11)5-10(7)16(14,15)12(2)3/h4-5,13H,6H2,1-3H3. The summed E-state index contributed by atoms with van der Waals surface area (Å²) in [5, 5.41) is 9.41. The maximum absolute atomic E-state index is 12.0. The van der Waals surface area contributed by atoms with E-state index in [1.54, 1.807) is 13.0 Å². The van der Waals surface area contributed by atoms with E-state index in [4.69, 9.17) is 16.7 Å². The van der Waals surface area contributed by atoms with Crippen LogP contribution < -0.4 is 0 Å². The molecule has 0 aromatic heterocycles. The van der Waals surface area contributed by atoms with Crippen LogP contribution in [0.4, 0.5) is 0 Å². The Balaban J connectivity index is 3.52. The quantitative estimate of drug-likeness (QED) is 0.897. The van der Waals surface area contributed by atoms with Gasteiger partial charge < -0.3 is 5.11 Å². The van der Waals surface area contributed by atoms with Gasteiger partial charge in [-0.2, -0.15) is 0 Å². The highest BCUT2D eigenvalue weighted by Crippen LogP contribution is 2.26. The summed E-state index contributed by atoms with van der Waals surface area (Å²) >= 11 is 5.82. The van der Waals surface area contributed by atoms with Crippen LogP contribution in [0.15, 0.2) is 17.0 Å². The summed E-state index contributed by atoms with van der Waals surface area (Å²) in [6, 6.07) is 2.96. The van der Waals surface area contributed by atoms with Crippen LogP contribution in [0.2, 0.25) is 5.02 Å². The topological polar surface area (TPSA) is 57.6 Å². The molecular weight excluding hydrogens is 250 g/mol. The third kappa shape index (κ3) is 2.38. The number of hydrogen-bond donors (Lipinski definition) is 1. The Bertz CT molecular complexity index is 497. The Morgan fingerprint density at radius 3 is 2.38 bits per heavy atom. The van der Waals surface area contributed by atoms with E-state index in [-0.39, 0.29) is 11.5 Å². The molecule has 6 heteroatoms. The molecule has 0 amide bonds. The van der Waals surface area contributed by atoms with Crippen molar-refractivity contribution < 1.29 is 13.5 Å². The summed E-state index contributed by atoms with van der Waals surface area (Å²) in [5.74, 6) is 0. The molecule has 0 heterocycles. The monoisotopic (exact) mass is 263 g/mol. The molecule has 16 heavy (non-hydrogen) atoms. The van der Waals surface area contributed by atoms with Crippen molar-refractivity contribution in [2.24, 2.45) is 0 Å². The number of hydrogen-bond acceptors (Lipinski definition) is 3. The summed E-state index contributed by atoms with van der Waals surface area (Å²) in [6.45, 7) is 1.42. The Morgan fingerprint density at radius 2 is 1.94 bits per heavy atom. The molecule has 1 aromatic rings. The summed E-state index contributed by atoms with van der Waals surface area (Å²) in [7, 11) is -0.620. The number of nitrogens with zero attached hydrogens (tertiary/aromatic N) is 1. The number of sulfonamides is 1. The highest BCUT2D eigenvalue weighted by Gasteiger charge is 2.21. The lowest BCUT2D eigenvalue weighted by atomic mass is 10.1. The first-order chi connectivity index (χ1) is 7.30. The van der Waals surface area contributed by atoms with Gasteiger partial charge in [-0.05, 0) is 30.2 Å². The predicted octanol–water partition coefficient (Wildman–Crippen LogP) is 1.39. The lowest BCUT2D eigenvalue weighted by Gasteiger charge is -2.15. The van der Waals surface area contributed by atoms with E-state index >= 15 is 0 Å². The summed E-state index contributed by atoms with van der Waals surface area (Å²) < 4.78 is 25.0. The van der Waals surface area contributed by atoms with Crippen molar-refractivity contribution in [2.75, 3.05) is 14.1 Å². The SMILES string of the molecule is Cc1c(CO)cc(Cl)cc1S(=O)(=O)N(C)C. The minimum absolute atomic E-state index is 0.133. The molecule has 1 aromatic carbocycles. The van der Waals surface area contributed by atoms with Gasteiger partial charge in [0.15, 0.2) is 0 Å². The summed E-state index contributed by atoms with van der Waals surface area (Å²) in [4.78, 5) is 0.133. The van der Waals surface area contributed by atoms with Crippen LogP contribution in [0, 0.1) is 6.92 Å². The molecule has 0 saturated carbocycles. The van der Waals surface area contributed by atoms with Crippen molar-refractivity contribution in [1.29, 1.82) is 0 Å². The maximum Gasteiger partial charge on any atom is 0.242 e. The average molecular weight is 264 g/mol. The maximum atomic E-state index is 12.0. The fourth-order valence-corrected chi connectivity index (χ4v) is 2.83. The molecule has 0 aliphatic rings. The van der Waals surface area contributed by atoms with Gasteiger partial charge >= 0.3 is 0 Å². The van der Waals surface area contributed by atoms with Crippen molar-refractivity contribution in [3.05, 3.63) is 28.3 Å². The summed E-state index contributed by atoms with van der Waals surface area (Å²) in [5.41, 5.74) is 1.05. The van der Waals surface area contributed by atoms with E-state index < -0.39 is 10.0 Å². The molecule has 0 radical (unpaired) electrons. The summed E-state index contributed by atoms with van der Waals surface area (Å²) in [6.07, 6.45) is 0. The molecule has 90 valence electrons. The van der Waals surface area contributed by atoms with Gasteiger partial charge in [-0.15, -0.1) is 0 Å². The fourth-order valence-electron chi connectivity index (χ4n) is 1.34. The Morgan fingerprint density at radius 1 is 1.38 bits per heavy atom. The van der Waals surface area contributed by atoms with Crippen molar-refractivity contribution in [3.63, 3.8) is 0 Å². The third-order valence-corrected chi connectivity index (χ3v) is 4.52. The lowest BCUT2D eigenvalue weighted by Crippen LogP contribution is -2.23. The zero-order valence-electron chi connectivity index (χ0n) is 9.36. The van der Waals surface area contributed by atoms with Gasteiger partial charge in [0.2, 0.25) is 10.0 Å². The van der Waals surface area contributed by atoms with Gasteiger partial charge in [0, 0.05) is 19.1 Å². The molecule has 0 fully saturated rings. The molecule has 0 aliphatic heterocycles. The second kappa shape index (κ2) is 4.71. The van der Waals surface area contributed by atoms with E-state index in [0.29, 0.717) is 16.1 Å². The van der Waals surface area contributed by atoms with Crippen molar-refractivity contribution in [2.45, 2.75) is 18.4 Å². The molecule has 1 N–H and O–H groups in total. The number of benzene rings is 1. The number of aliphatic hydroxyl groups excluding tert-OH is 1. The molecular formula is C10H14ClNO3S. The first kappa shape index (κ1) is 13.4. The minimum atomic E-state index is -3.52. The predicted molar refractivity (Wildman–Crippen MR) is 63.0 cm³/mol. The van der Waals surface area contributed by atoms with Crippen LogP contribution in [-0.2, 0) is 16.6 Å². The first-order valence-electron chi connectivity index (χ1n) is 4.63. The van der Waals surface area contributed by atoms with E-state index in [9.17, 15) is 8.42 Å². The van der Waals surface area contributed by atoms with Gasteiger partial charge in [0.25, 0.3) is 0 Å². The lowest BCUT2D eigenvalue weighted by molar-refractivity contribution is 0.280. The van der Waals surface area contributed by atoms with Gasteiger partial charge in [-0.25, -0.2) is 12.7 Å². The number of rotatable bonds is 3. The smallest absolute Gasteiger partial charge is 0.242 e. The van der Waals surface area contributed by atoms with Gasteiger partial charge in [0.1, 0.15) is 0 Å². The van der Waals surface area contributed by atoms with Crippen LogP contribution in [0.3, 0.4) is 0 Å². The van der Waals surface area contributed by atoms with E-state index in [1.807, 2.05) is 0 Å². The van der Waals surface area contributed by atoms with Crippen molar-refractivity contribution in [1.82, 2.24) is 4.31 Å². The van der Waals surface area contributed by atoms with Crippen molar-refractivity contribution in [3.8, 4) is 0 Å². The molecule has 0 spiro atoms. The van der Waals surface area contributed by atoms with E-state index in [2.05, 4.69) is 0 Å². The zero-order valence-corrected chi connectivity index (χ0v) is 10.9. The molecule has 0 unspecified atom stereocenters. The number of aliphatic hydroxyl groups is 1. The van der Waals surface area contributed by atoms with Crippen LogP contribution in [-0.4, -0.2) is 31.9 Å². The first-order valence-corrected chi connectivity index (χ1v) is 6.45. The second-order valence-electron chi connectivity index (χ2n) is 3.63. The Kier molecular flexibility index (Phi) is 3.96. The Hall–Kier alpha value is -0.620. The van der Waals surface area contributed by atoms with Crippen LogP contribution in [0.1, 0.15) is 11.1 Å². The van der Waals surface area contributed by atoms with Gasteiger partial charge in [-0.3, -0.25) is 0 Å². The molecule has 0 saturated heterocycles. The fraction of sp³-hybridized carbons (Fsp3) is 0.400. The van der Waals surface area contributed by atoms with Gasteiger partial charge in [-0.1, -0.05) is 11.6 Å². The second-order valence-corrected chi connectivity index (χ2v) is 6.19. The molecule has 0 bridgehead atoms. The minimum Gasteiger partial charge on any atom is -0.392 e. The highest BCUT2D eigenvalue weighted by molar-refractivity contribution is 7.89. The third-order valence-electron chi connectivity index (χ3n) is 2.36. The largest absolute Gasteiger partial charge is 0.392 e. The molecule has 0 atom stereocenters. The van der Waals surface area contributed by atoms with Crippen LogP contribution in [0.5, 0.6) is 0 Å². The normalized spacial score (nSPS) is 12.1. The molecule has 1 rings (SSSR count). The zero-order chi connectivity index (χ0) is 12.5. The van der Waals surface area contributed by atoms with E-state index in [1.165, 1.54) is 20.2 Å². The van der Waals surface area contributed by atoms with Crippen LogP contribution in [0.25, 0.3) is 0 Å². The van der Waals surface area contributed by atoms with Crippen molar-refractivity contribution >= 4 is 21.6 Å². The van der Waals surface area contributed by atoms with E-state index in [0.717, 1.165) is 4.31 Å². The van der Waals surface area contributed by atoms with Crippen LogP contribution >= 0.6 is 11.6 Å². The average Bonchev–Trinajstić information content (AvgIpc) is 2.20. The molecule has 0 aliphatic carbocycles. The molecule has 4 nitrogen and oxygen atoms in total. The highest BCUT2D eigenvalue weighted by atomic mass is 35.5. The Labute approximate surface area is 101 Å². The van der Waals surface area contributed by atoms with Gasteiger partial charge in [0.05, 0.1) is 11.5 Å². The number of halogens is 1.